The number of nitrogens with two attached hydrogens (primary N) is 1. The number of halogens is 3. The van der Waals surface area contributed by atoms with Crippen LogP contribution in [0.4, 0.5) is 24.7 Å². The Morgan fingerprint density at radius 3 is 2.52 bits per heavy atom. The molecule has 1 aliphatic heterocycles. The normalized spacial score (nSPS) is 14.1. The van der Waals surface area contributed by atoms with Gasteiger partial charge >= 0.3 is 11.9 Å². The van der Waals surface area contributed by atoms with Gasteiger partial charge in [-0.1, -0.05) is 12.1 Å². The average molecular weight is 889 g/mol. The van der Waals surface area contributed by atoms with Crippen LogP contribution < -0.4 is 32.8 Å². The van der Waals surface area contributed by atoms with E-state index in [2.05, 4.69) is 36.3 Å². The minimum atomic E-state index is -4.46. The van der Waals surface area contributed by atoms with Crippen LogP contribution in [0.3, 0.4) is 0 Å². The van der Waals surface area contributed by atoms with Gasteiger partial charge in [0.1, 0.15) is 24.7 Å². The van der Waals surface area contributed by atoms with E-state index in [0.717, 1.165) is 11.8 Å². The number of aromatic nitrogens is 5. The molecule has 0 bridgehead atoms. The van der Waals surface area contributed by atoms with Gasteiger partial charge in [-0.05, 0) is 67.3 Å². The van der Waals surface area contributed by atoms with Crippen LogP contribution in [0.15, 0.2) is 86.9 Å². The Morgan fingerprint density at radius 2 is 1.77 bits per heavy atom. The minimum absolute atomic E-state index is 0.0534. The second-order valence-electron chi connectivity index (χ2n) is 14.2. The summed E-state index contributed by atoms with van der Waals surface area (Å²) in [5, 5.41) is 13.9. The maximum absolute atomic E-state index is 13.1. The Labute approximate surface area is 359 Å². The van der Waals surface area contributed by atoms with Crippen molar-refractivity contribution in [1.29, 1.82) is 0 Å². The first kappa shape index (κ1) is 44.4. The summed E-state index contributed by atoms with van der Waals surface area (Å²) in [4.78, 5) is 82.6. The zero-order valence-electron chi connectivity index (χ0n) is 33.6. The van der Waals surface area contributed by atoms with E-state index in [1.54, 1.807) is 24.3 Å². The van der Waals surface area contributed by atoms with Crippen LogP contribution >= 0.6 is 0 Å². The van der Waals surface area contributed by atoms with Crippen molar-refractivity contribution in [2.45, 2.75) is 37.9 Å². The van der Waals surface area contributed by atoms with Gasteiger partial charge in [-0.2, -0.15) is 18.3 Å². The number of hydrogen-bond donors (Lipinski definition) is 5. The van der Waals surface area contributed by atoms with E-state index < -0.39 is 42.2 Å². The second kappa shape index (κ2) is 19.6. The number of carbonyl (C=O) groups excluding carboxylic acids is 5. The number of nitrogens with zero attached hydrogens (tertiary/aromatic N) is 5. The number of oxazole rings is 2. The molecule has 23 heteroatoms. The molecule has 6 N–H and O–H groups in total. The molecule has 0 aliphatic carbocycles. The summed E-state index contributed by atoms with van der Waals surface area (Å²) in [5.41, 5.74) is 7.63. The molecule has 1 atom stereocenters. The number of primary amides is 1. The fraction of sp³-hybridized carbons (Fsp3) is 0.293. The van der Waals surface area contributed by atoms with E-state index in [9.17, 15) is 41.9 Å². The van der Waals surface area contributed by atoms with Gasteiger partial charge in [-0.25, -0.2) is 19.4 Å². The minimum Gasteiger partial charge on any atom is -0.444 e. The number of ether oxygens (including phenoxy) is 2. The van der Waals surface area contributed by atoms with Crippen molar-refractivity contribution in [3.05, 3.63) is 106 Å². The molecule has 64 heavy (non-hydrogen) atoms. The lowest BCUT2D eigenvalue weighted by Crippen LogP contribution is -2.43. The molecule has 7 rings (SSSR count). The van der Waals surface area contributed by atoms with Crippen molar-refractivity contribution < 1.29 is 55.5 Å². The van der Waals surface area contributed by atoms with Gasteiger partial charge in [-0.3, -0.25) is 33.9 Å². The SMILES string of the molecule is NC(=O)c1nn(-c2ccc(C(=O)NCCOCCOCCCc3cccc4c3oc(=O)n4C3CCC(=O)NC3=O)cc2)cc1NC(=O)c1coc(-c2ccnc(NCC(F)(F)F)c2)n1. The zero-order valence-corrected chi connectivity index (χ0v) is 33.6. The van der Waals surface area contributed by atoms with Gasteiger partial charge in [0, 0.05) is 36.9 Å². The van der Waals surface area contributed by atoms with Crippen LogP contribution in [0.5, 0.6) is 0 Å². The number of hydrogen-bond acceptors (Lipinski definition) is 14. The average Bonchev–Trinajstić information content (AvgIpc) is 4.02. The summed E-state index contributed by atoms with van der Waals surface area (Å²) in [5.74, 6) is -3.85. The van der Waals surface area contributed by atoms with E-state index in [1.165, 1.54) is 45.9 Å². The zero-order chi connectivity index (χ0) is 45.4. The number of aryl methyl sites for hydroxylation is 1. The Kier molecular flexibility index (Phi) is 13.6. The Balaban J connectivity index is 0.824. The van der Waals surface area contributed by atoms with Crippen molar-refractivity contribution in [3.8, 4) is 17.1 Å². The summed E-state index contributed by atoms with van der Waals surface area (Å²) in [7, 11) is 0. The Morgan fingerprint density at radius 1 is 0.984 bits per heavy atom. The predicted molar refractivity (Wildman–Crippen MR) is 219 cm³/mol. The van der Waals surface area contributed by atoms with Crippen LogP contribution in [0.25, 0.3) is 28.2 Å². The summed E-state index contributed by atoms with van der Waals surface area (Å²) in [6.45, 7) is 0.127. The number of fused-ring (bicyclic) bond motifs is 1. The number of carbonyl (C=O) groups is 5. The van der Waals surface area contributed by atoms with Gasteiger partial charge in [-0.15, -0.1) is 0 Å². The molecule has 5 amide bonds. The molecule has 1 unspecified atom stereocenters. The van der Waals surface area contributed by atoms with Gasteiger partial charge < -0.3 is 40.0 Å². The maximum atomic E-state index is 13.1. The molecule has 5 heterocycles. The van der Waals surface area contributed by atoms with Crippen molar-refractivity contribution >= 4 is 52.1 Å². The highest BCUT2D eigenvalue weighted by Gasteiger charge is 2.32. The molecule has 6 aromatic rings. The lowest BCUT2D eigenvalue weighted by atomic mass is 10.0. The smallest absolute Gasteiger partial charge is 0.420 e. The standard InChI is InChI=1S/C41H39F3N10O10/c42-41(43,44)22-48-31-19-25(12-13-46-31)39-50-28(21-63-39)37(58)49-27-20-53(52-33(27)35(45)56)26-8-6-24(7-9-26)36(57)47-14-16-62-18-17-61-15-2-4-23-3-1-5-29-34(23)64-40(60)54(29)30-10-11-32(55)51-38(30)59/h1,3,5-9,12-13,19-21,30H,2,4,10-11,14-18,22H2,(H2,45,56)(H,46,48)(H,47,57)(H,49,58)(H,51,55,59). The first-order chi connectivity index (χ1) is 30.7. The van der Waals surface area contributed by atoms with Crippen LogP contribution in [0.1, 0.15) is 62.2 Å². The number of piperidine rings is 1. The quantitative estimate of drug-likeness (QED) is 0.0576. The van der Waals surface area contributed by atoms with Gasteiger partial charge in [0.05, 0.1) is 42.9 Å². The van der Waals surface area contributed by atoms with Crippen LogP contribution in [0.2, 0.25) is 0 Å². The molecule has 1 saturated heterocycles. The van der Waals surface area contributed by atoms with E-state index >= 15 is 0 Å². The predicted octanol–water partition coefficient (Wildman–Crippen LogP) is 3.53. The first-order valence-corrected chi connectivity index (χ1v) is 19.7. The van der Waals surface area contributed by atoms with E-state index in [4.69, 9.17) is 24.0 Å². The number of pyridine rings is 1. The molecule has 1 fully saturated rings. The fourth-order valence-electron chi connectivity index (χ4n) is 6.65. The molecule has 0 radical (unpaired) electrons. The molecule has 2 aromatic carbocycles. The summed E-state index contributed by atoms with van der Waals surface area (Å²) in [6.07, 6.45) is 0.660. The fourth-order valence-corrected chi connectivity index (χ4v) is 6.65. The summed E-state index contributed by atoms with van der Waals surface area (Å²) in [6, 6.07) is 13.4. The molecule has 4 aromatic heterocycles. The molecular formula is C41H39F3N10O10. The number of anilines is 2. The molecule has 334 valence electrons. The third kappa shape index (κ3) is 10.9. The molecule has 20 nitrogen and oxygen atoms in total. The lowest BCUT2D eigenvalue weighted by molar-refractivity contribution is -0.135. The number of imide groups is 1. The van der Waals surface area contributed by atoms with Crippen molar-refractivity contribution in [1.82, 2.24) is 34.9 Å². The maximum Gasteiger partial charge on any atom is 0.420 e. The van der Waals surface area contributed by atoms with Crippen LogP contribution in [-0.2, 0) is 25.5 Å². The Hall–Kier alpha value is -7.66. The summed E-state index contributed by atoms with van der Waals surface area (Å²) >= 11 is 0. The van der Waals surface area contributed by atoms with Gasteiger partial charge in [0.2, 0.25) is 17.7 Å². The second-order valence-corrected chi connectivity index (χ2v) is 14.2. The highest BCUT2D eigenvalue weighted by atomic mass is 19.4. The van der Waals surface area contributed by atoms with Crippen LogP contribution in [0, 0.1) is 0 Å². The highest BCUT2D eigenvalue weighted by molar-refractivity contribution is 6.07. The molecule has 0 spiro atoms. The topological polar surface area (TPSA) is 270 Å². The van der Waals surface area contributed by atoms with E-state index in [1.807, 2.05) is 6.07 Å². The monoisotopic (exact) mass is 888 g/mol. The number of nitrogens with one attached hydrogen (secondary N) is 4. The van der Waals surface area contributed by atoms with Gasteiger partial charge in [0.15, 0.2) is 17.0 Å². The number of para-hydroxylation sites is 1. The summed E-state index contributed by atoms with van der Waals surface area (Å²) < 4.78 is 62.5. The highest BCUT2D eigenvalue weighted by Crippen LogP contribution is 2.27. The number of rotatable bonds is 19. The molecular weight excluding hydrogens is 850 g/mol. The number of amides is 5. The lowest BCUT2D eigenvalue weighted by Gasteiger charge is -2.21. The Bertz CT molecular complexity index is 2740. The molecule has 0 saturated carbocycles. The van der Waals surface area contributed by atoms with E-state index in [-0.39, 0.29) is 78.8 Å². The third-order valence-electron chi connectivity index (χ3n) is 9.69. The van der Waals surface area contributed by atoms with E-state index in [0.29, 0.717) is 48.4 Å². The van der Waals surface area contributed by atoms with Crippen molar-refractivity contribution in [2.24, 2.45) is 5.73 Å². The number of benzene rings is 2. The van der Waals surface area contributed by atoms with Crippen LogP contribution in [-0.4, -0.2) is 99.5 Å². The van der Waals surface area contributed by atoms with Crippen molar-refractivity contribution in [2.75, 3.05) is 50.2 Å². The molecule has 1 aliphatic rings. The number of alkyl halides is 3. The van der Waals surface area contributed by atoms with Gasteiger partial charge in [0.25, 0.3) is 17.7 Å². The van der Waals surface area contributed by atoms with Crippen molar-refractivity contribution in [3.63, 3.8) is 0 Å². The third-order valence-corrected chi connectivity index (χ3v) is 9.69. The largest absolute Gasteiger partial charge is 0.444 e. The first-order valence-electron chi connectivity index (χ1n) is 19.7.